The summed E-state index contributed by atoms with van der Waals surface area (Å²) in [5.41, 5.74) is -0.202. The molecular formula is C45H48N2O4S. The third-order valence-corrected chi connectivity index (χ3v) is 15.7. The van der Waals surface area contributed by atoms with Gasteiger partial charge < -0.3 is 20.4 Å². The monoisotopic (exact) mass is 712 g/mol. The van der Waals surface area contributed by atoms with Crippen molar-refractivity contribution in [3.63, 3.8) is 0 Å². The fraction of sp³-hybridized carbons (Fsp3) is 0.422. The first-order chi connectivity index (χ1) is 25.0. The number of allylic oxidation sites excluding steroid dienone is 4. The van der Waals surface area contributed by atoms with Gasteiger partial charge in [0.25, 0.3) is 0 Å². The van der Waals surface area contributed by atoms with Crippen LogP contribution < -0.4 is 5.32 Å². The van der Waals surface area contributed by atoms with Gasteiger partial charge >= 0.3 is 6.03 Å². The zero-order valence-electron chi connectivity index (χ0n) is 30.1. The molecule has 10 rings (SSSR count). The van der Waals surface area contributed by atoms with Crippen molar-refractivity contribution in [1.82, 2.24) is 4.90 Å². The molecule has 4 aromatic rings. The molecule has 1 aromatic heterocycles. The Morgan fingerprint density at radius 1 is 0.846 bits per heavy atom. The molecule has 1 heterocycles. The van der Waals surface area contributed by atoms with Crippen molar-refractivity contribution < 1.29 is 19.8 Å². The molecule has 8 atom stereocenters. The molecule has 0 aliphatic heterocycles. The van der Waals surface area contributed by atoms with Crippen molar-refractivity contribution in [3.8, 4) is 0 Å². The molecule has 3 aromatic carbocycles. The largest absolute Gasteiger partial charge is 0.393 e. The van der Waals surface area contributed by atoms with Crippen molar-refractivity contribution in [2.24, 2.45) is 33.5 Å². The molecule has 6 aliphatic rings. The molecule has 3 fully saturated rings. The number of para-hydroxylation sites is 1. The van der Waals surface area contributed by atoms with E-state index in [0.29, 0.717) is 25.1 Å². The Hall–Kier alpha value is -4.04. The Bertz CT molecular complexity index is 2080. The molecular weight excluding hydrogens is 665 g/mol. The number of hydrogen-bond acceptors (Lipinski definition) is 5. The minimum atomic E-state index is -1.17. The average Bonchev–Trinajstić information content (AvgIpc) is 3.70. The SMILES string of the molecule is C[C@]12CC[C@H]3[C@]4(C=C[C@@]5(C=C4C(=O)c4cc6ccccc6s4)CC(O)CC[C@]35C)[C@@H]1CC[C@@]2(O)CN(Cc1ccccc1)C(=O)Nc1ccccc1. The maximum Gasteiger partial charge on any atom is 0.322 e. The lowest BCUT2D eigenvalue weighted by Gasteiger charge is -2.71. The van der Waals surface area contributed by atoms with E-state index in [0.717, 1.165) is 58.2 Å². The second-order valence-corrected chi connectivity index (χ2v) is 18.0. The van der Waals surface area contributed by atoms with Crippen molar-refractivity contribution in [2.45, 2.75) is 77.0 Å². The van der Waals surface area contributed by atoms with E-state index in [2.05, 4.69) is 49.5 Å². The highest BCUT2D eigenvalue weighted by Crippen LogP contribution is 2.78. The molecule has 1 unspecified atom stereocenters. The number of rotatable bonds is 7. The minimum absolute atomic E-state index is 0.00214. The van der Waals surface area contributed by atoms with E-state index >= 15 is 4.79 Å². The zero-order chi connectivity index (χ0) is 35.9. The Kier molecular flexibility index (Phi) is 7.79. The number of Topliss-reactive ketones (excluding diaryl/α,β-unsaturated/α-hetero) is 1. The normalized spacial score (nSPS) is 35.7. The molecule has 3 N–H and O–H groups in total. The first-order valence-electron chi connectivity index (χ1n) is 19.0. The number of amides is 2. The second-order valence-electron chi connectivity index (χ2n) is 16.9. The van der Waals surface area contributed by atoms with Gasteiger partial charge in [0.05, 0.1) is 23.1 Å². The summed E-state index contributed by atoms with van der Waals surface area (Å²) in [5.74, 6) is 0.296. The number of carbonyl (C=O) groups is 2. The van der Waals surface area contributed by atoms with Crippen LogP contribution in [0, 0.1) is 33.5 Å². The van der Waals surface area contributed by atoms with E-state index in [-0.39, 0.29) is 41.0 Å². The summed E-state index contributed by atoms with van der Waals surface area (Å²) in [5, 5.41) is 28.4. The summed E-state index contributed by atoms with van der Waals surface area (Å²) in [7, 11) is 0. The Morgan fingerprint density at radius 3 is 2.29 bits per heavy atom. The molecule has 0 radical (unpaired) electrons. The highest BCUT2D eigenvalue weighted by atomic mass is 32.1. The fourth-order valence-electron chi connectivity index (χ4n) is 11.9. The first-order valence-corrected chi connectivity index (χ1v) is 19.8. The second kappa shape index (κ2) is 12.0. The number of ketones is 1. The van der Waals surface area contributed by atoms with E-state index in [1.165, 1.54) is 0 Å². The van der Waals surface area contributed by atoms with Crippen LogP contribution in [0.25, 0.3) is 10.1 Å². The van der Waals surface area contributed by atoms with Crippen molar-refractivity contribution >= 4 is 38.9 Å². The van der Waals surface area contributed by atoms with Crippen LogP contribution in [0.1, 0.15) is 74.0 Å². The highest BCUT2D eigenvalue weighted by Gasteiger charge is 2.74. The summed E-state index contributed by atoms with van der Waals surface area (Å²) < 4.78 is 1.10. The number of hydrogen-bond donors (Lipinski definition) is 3. The summed E-state index contributed by atoms with van der Waals surface area (Å²) in [6, 6.07) is 29.5. The zero-order valence-corrected chi connectivity index (χ0v) is 30.9. The van der Waals surface area contributed by atoms with Crippen LogP contribution in [0.5, 0.6) is 0 Å². The van der Waals surface area contributed by atoms with Crippen LogP contribution in [0.15, 0.2) is 115 Å². The summed E-state index contributed by atoms with van der Waals surface area (Å²) in [6.45, 7) is 5.21. The number of aliphatic hydroxyl groups excluding tert-OH is 1. The van der Waals surface area contributed by atoms with Crippen LogP contribution in [-0.2, 0) is 6.54 Å². The summed E-state index contributed by atoms with van der Waals surface area (Å²) in [4.78, 5) is 31.7. The number of benzene rings is 3. The number of urea groups is 1. The highest BCUT2D eigenvalue weighted by molar-refractivity contribution is 7.21. The van der Waals surface area contributed by atoms with Gasteiger partial charge in [-0.15, -0.1) is 11.3 Å². The molecule has 2 spiro atoms. The van der Waals surface area contributed by atoms with E-state index in [4.69, 9.17) is 0 Å². The van der Waals surface area contributed by atoms with Gasteiger partial charge in [-0.05, 0) is 97.4 Å². The number of aliphatic hydroxyl groups is 2. The topological polar surface area (TPSA) is 89.9 Å². The van der Waals surface area contributed by atoms with Gasteiger partial charge in [0, 0.05) is 38.8 Å². The van der Waals surface area contributed by atoms with Gasteiger partial charge in [0.1, 0.15) is 0 Å². The Labute approximate surface area is 310 Å². The van der Waals surface area contributed by atoms with Gasteiger partial charge in [0.2, 0.25) is 0 Å². The van der Waals surface area contributed by atoms with Gasteiger partial charge in [0.15, 0.2) is 5.78 Å². The molecule has 6 nitrogen and oxygen atoms in total. The fourth-order valence-corrected chi connectivity index (χ4v) is 12.9. The molecule has 0 saturated heterocycles. The average molecular weight is 713 g/mol. The standard InChI is InChI=1S/C45H48N2O4S/c1-41-20-17-33(48)26-43(41)23-24-45(34(27-43)39(49)36-25-31-13-9-10-16-35(31)52-36)37(41)18-21-42(2)38(45)19-22-44(42,51)29-47(28-30-11-5-3-6-12-30)40(50)46-32-14-7-4-8-15-32/h3-16,23-25,27,33,37-38,48,51H,17-22,26,28-29H2,1-2H3,(H,46,50)/t33?,37-,38-,41-,42+,43+,44-,45-/m1/s1. The lowest BCUT2D eigenvalue weighted by atomic mass is 9.32. The van der Waals surface area contributed by atoms with Crippen LogP contribution in [0.3, 0.4) is 0 Å². The Morgan fingerprint density at radius 2 is 1.52 bits per heavy atom. The first kappa shape index (κ1) is 33.8. The third kappa shape index (κ3) is 4.81. The number of thiophene rings is 1. The molecule has 7 heteroatoms. The van der Waals surface area contributed by atoms with Gasteiger partial charge in [-0.25, -0.2) is 4.79 Å². The van der Waals surface area contributed by atoms with Crippen LogP contribution >= 0.6 is 11.3 Å². The number of nitrogens with zero attached hydrogens (tertiary/aromatic N) is 1. The molecule has 3 saturated carbocycles. The molecule has 2 bridgehead atoms. The van der Waals surface area contributed by atoms with E-state index in [9.17, 15) is 15.0 Å². The lowest BCUT2D eigenvalue weighted by Crippen LogP contribution is -2.67. The van der Waals surface area contributed by atoms with Crippen molar-refractivity contribution in [2.75, 3.05) is 11.9 Å². The molecule has 52 heavy (non-hydrogen) atoms. The number of carbonyl (C=O) groups excluding carboxylic acids is 2. The number of nitrogens with one attached hydrogen (secondary N) is 1. The van der Waals surface area contributed by atoms with Gasteiger partial charge in [-0.1, -0.05) is 98.8 Å². The summed E-state index contributed by atoms with van der Waals surface area (Å²) in [6.07, 6.45) is 11.9. The van der Waals surface area contributed by atoms with E-state index < -0.39 is 22.5 Å². The Balaban J connectivity index is 1.12. The van der Waals surface area contributed by atoms with E-state index in [1.54, 1.807) is 16.2 Å². The minimum Gasteiger partial charge on any atom is -0.393 e. The molecule has 2 amide bonds. The maximum atomic E-state index is 15.1. The van der Waals surface area contributed by atoms with Crippen LogP contribution in [-0.4, -0.2) is 45.2 Å². The predicted octanol–water partition coefficient (Wildman–Crippen LogP) is 9.41. The quantitative estimate of drug-likeness (QED) is 0.132. The smallest absolute Gasteiger partial charge is 0.322 e. The molecule has 6 aliphatic carbocycles. The lowest BCUT2D eigenvalue weighted by molar-refractivity contribution is -0.174. The van der Waals surface area contributed by atoms with Gasteiger partial charge in [-0.3, -0.25) is 4.79 Å². The van der Waals surface area contributed by atoms with Gasteiger partial charge in [-0.2, -0.15) is 0 Å². The van der Waals surface area contributed by atoms with Crippen LogP contribution in [0.2, 0.25) is 0 Å². The summed E-state index contributed by atoms with van der Waals surface area (Å²) >= 11 is 1.56. The molecule has 268 valence electrons. The number of anilines is 1. The number of fused-ring (bicyclic) bond motifs is 2. The van der Waals surface area contributed by atoms with Crippen LogP contribution in [0.4, 0.5) is 10.5 Å². The third-order valence-electron chi connectivity index (χ3n) is 14.6. The predicted molar refractivity (Wildman–Crippen MR) is 207 cm³/mol. The van der Waals surface area contributed by atoms with Crippen molar-refractivity contribution in [3.05, 3.63) is 125 Å². The van der Waals surface area contributed by atoms with E-state index in [1.807, 2.05) is 78.9 Å². The van der Waals surface area contributed by atoms with Crippen molar-refractivity contribution in [1.29, 1.82) is 0 Å². The maximum absolute atomic E-state index is 15.1.